The van der Waals surface area contributed by atoms with E-state index < -0.39 is 0 Å². The third-order valence-electron chi connectivity index (χ3n) is 3.99. The molecule has 0 unspecified atom stereocenters. The van der Waals surface area contributed by atoms with Crippen molar-refractivity contribution < 1.29 is 4.74 Å². The lowest BCUT2D eigenvalue weighted by Crippen LogP contribution is -2.48. The SMILES string of the molecule is C[C@@H]1CN(Cc2cc(Cl)ccc2OCc2cccnc2)CCN1. The molecule has 1 atom stereocenters. The summed E-state index contributed by atoms with van der Waals surface area (Å²) in [5, 5.41) is 4.21. The van der Waals surface area contributed by atoms with E-state index in [-0.39, 0.29) is 0 Å². The van der Waals surface area contributed by atoms with Crippen molar-refractivity contribution in [3.63, 3.8) is 0 Å². The van der Waals surface area contributed by atoms with E-state index in [0.29, 0.717) is 12.6 Å². The molecule has 2 heterocycles. The number of nitrogens with zero attached hydrogens (tertiary/aromatic N) is 2. The number of ether oxygens (including phenoxy) is 1. The van der Waals surface area contributed by atoms with Crippen molar-refractivity contribution in [2.75, 3.05) is 19.6 Å². The first-order valence-electron chi connectivity index (χ1n) is 7.96. The molecule has 1 aliphatic heterocycles. The molecule has 0 spiro atoms. The van der Waals surface area contributed by atoms with Crippen LogP contribution in [0.25, 0.3) is 0 Å². The van der Waals surface area contributed by atoms with Gasteiger partial charge in [0.15, 0.2) is 0 Å². The van der Waals surface area contributed by atoms with Gasteiger partial charge in [-0.1, -0.05) is 17.7 Å². The Bertz CT molecular complexity index is 635. The molecule has 2 aromatic rings. The van der Waals surface area contributed by atoms with E-state index in [1.54, 1.807) is 6.20 Å². The predicted molar refractivity (Wildman–Crippen MR) is 92.8 cm³/mol. The number of nitrogens with one attached hydrogen (secondary N) is 1. The summed E-state index contributed by atoms with van der Waals surface area (Å²) in [6.07, 6.45) is 3.59. The van der Waals surface area contributed by atoms with Crippen LogP contribution in [0.1, 0.15) is 18.1 Å². The number of hydrogen-bond donors (Lipinski definition) is 1. The number of benzene rings is 1. The smallest absolute Gasteiger partial charge is 0.124 e. The van der Waals surface area contributed by atoms with E-state index in [1.165, 1.54) is 0 Å². The standard InChI is InChI=1S/C18H22ClN3O/c1-14-11-22(8-7-21-14)12-16-9-17(19)4-5-18(16)23-13-15-3-2-6-20-10-15/h2-6,9-10,14,21H,7-8,11-13H2,1H3/t14-/m1/s1. The molecule has 1 N–H and O–H groups in total. The minimum atomic E-state index is 0.514. The van der Waals surface area contributed by atoms with Crippen LogP contribution in [0.4, 0.5) is 0 Å². The van der Waals surface area contributed by atoms with Gasteiger partial charge < -0.3 is 10.1 Å². The van der Waals surface area contributed by atoms with E-state index in [4.69, 9.17) is 16.3 Å². The zero-order valence-corrected chi connectivity index (χ0v) is 14.1. The quantitative estimate of drug-likeness (QED) is 0.913. The highest BCUT2D eigenvalue weighted by atomic mass is 35.5. The van der Waals surface area contributed by atoms with Crippen LogP contribution in [0.5, 0.6) is 5.75 Å². The van der Waals surface area contributed by atoms with E-state index in [1.807, 2.05) is 36.5 Å². The molecule has 4 nitrogen and oxygen atoms in total. The van der Waals surface area contributed by atoms with Crippen molar-refractivity contribution in [3.8, 4) is 5.75 Å². The van der Waals surface area contributed by atoms with E-state index in [2.05, 4.69) is 22.1 Å². The fourth-order valence-electron chi connectivity index (χ4n) is 2.85. The summed E-state index contributed by atoms with van der Waals surface area (Å²) in [4.78, 5) is 6.55. The Morgan fingerprint density at radius 1 is 1.39 bits per heavy atom. The average molecular weight is 332 g/mol. The van der Waals surface area contributed by atoms with E-state index >= 15 is 0 Å². The normalized spacial score (nSPS) is 18.8. The van der Waals surface area contributed by atoms with Crippen LogP contribution in [0.15, 0.2) is 42.7 Å². The fourth-order valence-corrected chi connectivity index (χ4v) is 3.05. The lowest BCUT2D eigenvalue weighted by atomic mass is 10.1. The molecule has 0 radical (unpaired) electrons. The summed E-state index contributed by atoms with van der Waals surface area (Å²) in [6, 6.07) is 10.3. The summed E-state index contributed by atoms with van der Waals surface area (Å²) >= 11 is 6.18. The summed E-state index contributed by atoms with van der Waals surface area (Å²) in [7, 11) is 0. The van der Waals surface area contributed by atoms with Gasteiger partial charge in [-0.25, -0.2) is 0 Å². The van der Waals surface area contributed by atoms with Gasteiger partial charge in [0.25, 0.3) is 0 Å². The Hall–Kier alpha value is -1.62. The van der Waals surface area contributed by atoms with Crippen LogP contribution in [0.2, 0.25) is 5.02 Å². The molecule has 122 valence electrons. The number of rotatable bonds is 5. The van der Waals surface area contributed by atoms with Gasteiger partial charge in [0.2, 0.25) is 0 Å². The summed E-state index contributed by atoms with van der Waals surface area (Å²) in [5.74, 6) is 0.893. The van der Waals surface area contributed by atoms with Crippen molar-refractivity contribution in [1.82, 2.24) is 15.2 Å². The van der Waals surface area contributed by atoms with Gasteiger partial charge in [-0.3, -0.25) is 9.88 Å². The highest BCUT2D eigenvalue weighted by Gasteiger charge is 2.17. The maximum atomic E-state index is 6.18. The molecule has 1 fully saturated rings. The molecule has 0 bridgehead atoms. The van der Waals surface area contributed by atoms with Gasteiger partial charge >= 0.3 is 0 Å². The molecule has 5 heteroatoms. The highest BCUT2D eigenvalue weighted by Crippen LogP contribution is 2.25. The van der Waals surface area contributed by atoms with Crippen molar-refractivity contribution in [2.24, 2.45) is 0 Å². The van der Waals surface area contributed by atoms with Crippen molar-refractivity contribution in [3.05, 3.63) is 58.9 Å². The van der Waals surface area contributed by atoms with Crippen LogP contribution in [0.3, 0.4) is 0 Å². The Morgan fingerprint density at radius 2 is 2.30 bits per heavy atom. The maximum Gasteiger partial charge on any atom is 0.124 e. The van der Waals surface area contributed by atoms with Crippen LogP contribution in [0, 0.1) is 0 Å². The molecule has 3 rings (SSSR count). The average Bonchev–Trinajstić information content (AvgIpc) is 2.55. The van der Waals surface area contributed by atoms with Crippen LogP contribution in [-0.2, 0) is 13.2 Å². The van der Waals surface area contributed by atoms with Gasteiger partial charge in [0, 0.05) is 60.8 Å². The first kappa shape index (κ1) is 16.2. The van der Waals surface area contributed by atoms with Crippen LogP contribution in [-0.4, -0.2) is 35.6 Å². The number of hydrogen-bond acceptors (Lipinski definition) is 4. The monoisotopic (exact) mass is 331 g/mol. The molecular weight excluding hydrogens is 310 g/mol. The van der Waals surface area contributed by atoms with E-state index in [0.717, 1.165) is 48.1 Å². The minimum absolute atomic E-state index is 0.514. The molecule has 1 aromatic heterocycles. The zero-order chi connectivity index (χ0) is 16.1. The minimum Gasteiger partial charge on any atom is -0.489 e. The molecule has 0 aliphatic carbocycles. The Morgan fingerprint density at radius 3 is 3.09 bits per heavy atom. The van der Waals surface area contributed by atoms with Crippen LogP contribution >= 0.6 is 11.6 Å². The third kappa shape index (κ3) is 4.67. The first-order valence-corrected chi connectivity index (χ1v) is 8.34. The molecule has 1 aromatic carbocycles. The van der Waals surface area contributed by atoms with Gasteiger partial charge in [-0.05, 0) is 31.2 Å². The molecule has 0 saturated carbocycles. The molecule has 23 heavy (non-hydrogen) atoms. The Labute approximate surface area is 142 Å². The van der Waals surface area contributed by atoms with Gasteiger partial charge in [0.1, 0.15) is 12.4 Å². The van der Waals surface area contributed by atoms with Gasteiger partial charge in [-0.15, -0.1) is 0 Å². The maximum absolute atomic E-state index is 6.18. The van der Waals surface area contributed by atoms with Crippen LogP contribution < -0.4 is 10.1 Å². The van der Waals surface area contributed by atoms with E-state index in [9.17, 15) is 0 Å². The lowest BCUT2D eigenvalue weighted by molar-refractivity contribution is 0.195. The molecule has 1 aliphatic rings. The second-order valence-electron chi connectivity index (χ2n) is 5.99. The molecular formula is C18H22ClN3O. The zero-order valence-electron chi connectivity index (χ0n) is 13.3. The Kier molecular flexibility index (Phi) is 5.49. The number of aromatic nitrogens is 1. The molecule has 0 amide bonds. The second-order valence-corrected chi connectivity index (χ2v) is 6.43. The first-order chi connectivity index (χ1) is 11.2. The third-order valence-corrected chi connectivity index (χ3v) is 4.22. The number of piperazine rings is 1. The summed E-state index contributed by atoms with van der Waals surface area (Å²) in [5.41, 5.74) is 2.19. The summed E-state index contributed by atoms with van der Waals surface area (Å²) < 4.78 is 6.01. The largest absolute Gasteiger partial charge is 0.489 e. The molecule has 1 saturated heterocycles. The van der Waals surface area contributed by atoms with Crippen molar-refractivity contribution in [1.29, 1.82) is 0 Å². The van der Waals surface area contributed by atoms with Crippen molar-refractivity contribution >= 4 is 11.6 Å². The van der Waals surface area contributed by atoms with Gasteiger partial charge in [-0.2, -0.15) is 0 Å². The lowest BCUT2D eigenvalue weighted by Gasteiger charge is -2.32. The highest BCUT2D eigenvalue weighted by molar-refractivity contribution is 6.30. The number of halogens is 1. The second kappa shape index (κ2) is 7.77. The Balaban J connectivity index is 1.69. The van der Waals surface area contributed by atoms with Crippen molar-refractivity contribution in [2.45, 2.75) is 26.1 Å². The van der Waals surface area contributed by atoms with Gasteiger partial charge in [0.05, 0.1) is 0 Å². The topological polar surface area (TPSA) is 37.4 Å². The summed E-state index contributed by atoms with van der Waals surface area (Å²) in [6.45, 7) is 6.68. The fraction of sp³-hybridized carbons (Fsp3) is 0.389. The predicted octanol–water partition coefficient (Wildman–Crippen LogP) is 3.11. The number of pyridine rings is 1.